The Hall–Kier alpha value is -2.15. The number of H-pyrrole nitrogens is 1. The SMILES string of the molecule is Cc1ccc(CCNC(=O)c2cn(C)c(=O)[nH]c2=O)s1. The number of hydrogen-bond acceptors (Lipinski definition) is 4. The molecule has 2 aromatic rings. The molecule has 0 aliphatic heterocycles. The van der Waals surface area contributed by atoms with Crippen LogP contribution in [0.2, 0.25) is 0 Å². The molecule has 0 aliphatic carbocycles. The van der Waals surface area contributed by atoms with Crippen LogP contribution in [0, 0.1) is 6.92 Å². The van der Waals surface area contributed by atoms with Crippen LogP contribution in [0.3, 0.4) is 0 Å². The quantitative estimate of drug-likeness (QED) is 0.856. The summed E-state index contributed by atoms with van der Waals surface area (Å²) in [7, 11) is 1.48. The lowest BCUT2D eigenvalue weighted by Crippen LogP contribution is -2.36. The van der Waals surface area contributed by atoms with Gasteiger partial charge in [-0.25, -0.2) is 4.79 Å². The second-order valence-electron chi connectivity index (χ2n) is 4.43. The van der Waals surface area contributed by atoms with Gasteiger partial charge in [0.2, 0.25) is 0 Å². The van der Waals surface area contributed by atoms with E-state index in [-0.39, 0.29) is 5.56 Å². The number of thiophene rings is 1. The highest BCUT2D eigenvalue weighted by atomic mass is 32.1. The second-order valence-corrected chi connectivity index (χ2v) is 5.80. The van der Waals surface area contributed by atoms with Crippen LogP contribution in [0.5, 0.6) is 0 Å². The molecule has 2 N–H and O–H groups in total. The molecule has 0 saturated carbocycles. The van der Waals surface area contributed by atoms with Crippen molar-refractivity contribution in [1.29, 1.82) is 0 Å². The van der Waals surface area contributed by atoms with Crippen molar-refractivity contribution in [3.63, 3.8) is 0 Å². The molecule has 0 fully saturated rings. The summed E-state index contributed by atoms with van der Waals surface area (Å²) in [6, 6.07) is 4.05. The Balaban J connectivity index is 2.00. The van der Waals surface area contributed by atoms with Crippen LogP contribution < -0.4 is 16.6 Å². The Labute approximate surface area is 119 Å². The lowest BCUT2D eigenvalue weighted by molar-refractivity contribution is 0.0951. The summed E-state index contributed by atoms with van der Waals surface area (Å²) in [5.41, 5.74) is -1.27. The number of aryl methyl sites for hydroxylation is 2. The Morgan fingerprint density at radius 2 is 2.15 bits per heavy atom. The van der Waals surface area contributed by atoms with Crippen LogP contribution in [-0.4, -0.2) is 22.0 Å². The molecule has 0 radical (unpaired) electrons. The second kappa shape index (κ2) is 5.87. The summed E-state index contributed by atoms with van der Waals surface area (Å²) < 4.78 is 1.17. The molecule has 2 heterocycles. The third-order valence-electron chi connectivity index (χ3n) is 2.81. The zero-order chi connectivity index (χ0) is 14.7. The van der Waals surface area contributed by atoms with Gasteiger partial charge in [0, 0.05) is 29.5 Å². The first-order chi connectivity index (χ1) is 9.47. The fourth-order valence-electron chi connectivity index (χ4n) is 1.74. The molecule has 0 bridgehead atoms. The van der Waals surface area contributed by atoms with E-state index < -0.39 is 17.2 Å². The number of carbonyl (C=O) groups is 1. The van der Waals surface area contributed by atoms with E-state index in [4.69, 9.17) is 0 Å². The van der Waals surface area contributed by atoms with Crippen molar-refractivity contribution in [3.05, 3.63) is 54.5 Å². The minimum absolute atomic E-state index is 0.0607. The predicted octanol–water partition coefficient (Wildman–Crippen LogP) is 0.416. The molecule has 6 nitrogen and oxygen atoms in total. The van der Waals surface area contributed by atoms with Crippen LogP contribution >= 0.6 is 11.3 Å². The van der Waals surface area contributed by atoms with Crippen LogP contribution in [0.25, 0.3) is 0 Å². The van der Waals surface area contributed by atoms with Gasteiger partial charge in [-0.3, -0.25) is 14.6 Å². The Morgan fingerprint density at radius 1 is 1.40 bits per heavy atom. The number of aromatic nitrogens is 2. The maximum atomic E-state index is 11.9. The molecule has 106 valence electrons. The van der Waals surface area contributed by atoms with E-state index in [0.717, 1.165) is 0 Å². The summed E-state index contributed by atoms with van der Waals surface area (Å²) >= 11 is 1.68. The minimum atomic E-state index is -0.669. The van der Waals surface area contributed by atoms with E-state index in [9.17, 15) is 14.4 Å². The highest BCUT2D eigenvalue weighted by Gasteiger charge is 2.11. The largest absolute Gasteiger partial charge is 0.351 e. The van der Waals surface area contributed by atoms with E-state index in [1.165, 1.54) is 27.6 Å². The van der Waals surface area contributed by atoms with Crippen LogP contribution in [0.15, 0.2) is 27.9 Å². The smallest absolute Gasteiger partial charge is 0.328 e. The normalized spacial score (nSPS) is 10.5. The van der Waals surface area contributed by atoms with Gasteiger partial charge in [-0.05, 0) is 25.5 Å². The van der Waals surface area contributed by atoms with Gasteiger partial charge in [0.15, 0.2) is 0 Å². The minimum Gasteiger partial charge on any atom is -0.351 e. The lowest BCUT2D eigenvalue weighted by atomic mass is 10.3. The van der Waals surface area contributed by atoms with E-state index in [0.29, 0.717) is 13.0 Å². The van der Waals surface area contributed by atoms with Gasteiger partial charge in [-0.15, -0.1) is 11.3 Å². The molecule has 2 rings (SSSR count). The van der Waals surface area contributed by atoms with Crippen molar-refractivity contribution in [2.24, 2.45) is 7.05 Å². The average molecular weight is 293 g/mol. The molecule has 1 amide bonds. The molecular weight excluding hydrogens is 278 g/mol. The first kappa shape index (κ1) is 14.3. The monoisotopic (exact) mass is 293 g/mol. The Morgan fingerprint density at radius 3 is 2.80 bits per heavy atom. The number of hydrogen-bond donors (Lipinski definition) is 2. The van der Waals surface area contributed by atoms with Crippen LogP contribution in [0.4, 0.5) is 0 Å². The molecule has 0 atom stereocenters. The maximum Gasteiger partial charge on any atom is 0.328 e. The van der Waals surface area contributed by atoms with Gasteiger partial charge >= 0.3 is 5.69 Å². The Bertz CT molecular complexity index is 742. The summed E-state index contributed by atoms with van der Waals surface area (Å²) in [4.78, 5) is 39.1. The number of carbonyl (C=O) groups excluding carboxylic acids is 1. The molecular formula is C13H15N3O3S. The van der Waals surface area contributed by atoms with Gasteiger partial charge in [0.1, 0.15) is 5.56 Å². The molecule has 0 spiro atoms. The van der Waals surface area contributed by atoms with Gasteiger partial charge in [-0.1, -0.05) is 0 Å². The first-order valence-electron chi connectivity index (χ1n) is 6.11. The average Bonchev–Trinajstić information content (AvgIpc) is 2.79. The number of rotatable bonds is 4. The molecule has 2 aromatic heterocycles. The van der Waals surface area contributed by atoms with Crippen LogP contribution in [-0.2, 0) is 13.5 Å². The van der Waals surface area contributed by atoms with Gasteiger partial charge in [-0.2, -0.15) is 0 Å². The lowest BCUT2D eigenvalue weighted by Gasteiger charge is -2.04. The van der Waals surface area contributed by atoms with E-state index in [2.05, 4.69) is 10.3 Å². The van der Waals surface area contributed by atoms with Crippen LogP contribution in [0.1, 0.15) is 20.1 Å². The molecule has 0 saturated heterocycles. The third-order valence-corrected chi connectivity index (χ3v) is 3.87. The topological polar surface area (TPSA) is 84.0 Å². The van der Waals surface area contributed by atoms with Gasteiger partial charge in [0.25, 0.3) is 11.5 Å². The molecule has 7 heteroatoms. The maximum absolute atomic E-state index is 11.9. The number of nitrogens with zero attached hydrogens (tertiary/aromatic N) is 1. The summed E-state index contributed by atoms with van der Waals surface area (Å²) in [6.07, 6.45) is 1.96. The van der Waals surface area contributed by atoms with Crippen molar-refractivity contribution in [2.45, 2.75) is 13.3 Å². The summed E-state index contributed by atoms with van der Waals surface area (Å²) in [5, 5.41) is 2.68. The van der Waals surface area contributed by atoms with Crippen molar-refractivity contribution >= 4 is 17.2 Å². The fraction of sp³-hybridized carbons (Fsp3) is 0.308. The number of aromatic amines is 1. The van der Waals surface area contributed by atoms with E-state index in [1.54, 1.807) is 11.3 Å². The van der Waals surface area contributed by atoms with E-state index >= 15 is 0 Å². The van der Waals surface area contributed by atoms with E-state index in [1.807, 2.05) is 19.1 Å². The predicted molar refractivity (Wildman–Crippen MR) is 77.4 cm³/mol. The number of amides is 1. The Kier molecular flexibility index (Phi) is 4.19. The molecule has 20 heavy (non-hydrogen) atoms. The number of nitrogens with one attached hydrogen (secondary N) is 2. The zero-order valence-electron chi connectivity index (χ0n) is 11.2. The van der Waals surface area contributed by atoms with Gasteiger partial charge in [0.05, 0.1) is 0 Å². The molecule has 0 unspecified atom stereocenters. The fourth-order valence-corrected chi connectivity index (χ4v) is 2.63. The first-order valence-corrected chi connectivity index (χ1v) is 6.92. The van der Waals surface area contributed by atoms with Crippen molar-refractivity contribution in [1.82, 2.24) is 14.9 Å². The van der Waals surface area contributed by atoms with Gasteiger partial charge < -0.3 is 9.88 Å². The third kappa shape index (κ3) is 3.24. The summed E-state index contributed by atoms with van der Waals surface area (Å²) in [5.74, 6) is -0.477. The summed E-state index contributed by atoms with van der Waals surface area (Å²) in [6.45, 7) is 2.47. The molecule has 0 aliphatic rings. The van der Waals surface area contributed by atoms with Crippen molar-refractivity contribution < 1.29 is 4.79 Å². The van der Waals surface area contributed by atoms with Crippen molar-refractivity contribution in [2.75, 3.05) is 6.54 Å². The standard InChI is InChI=1S/C13H15N3O3S/c1-8-3-4-9(20-8)5-6-14-11(17)10-7-16(2)13(19)15-12(10)18/h3-4,7H,5-6H2,1-2H3,(H,14,17)(H,15,18,19). The van der Waals surface area contributed by atoms with Crippen molar-refractivity contribution in [3.8, 4) is 0 Å². The molecule has 0 aromatic carbocycles. The highest BCUT2D eigenvalue weighted by Crippen LogP contribution is 2.14. The zero-order valence-corrected chi connectivity index (χ0v) is 12.0. The highest BCUT2D eigenvalue weighted by molar-refractivity contribution is 7.11.